The fourth-order valence-electron chi connectivity index (χ4n) is 1.23. The number of hydrogen-bond donors (Lipinski definition) is 1. The number of nitrogens with zero attached hydrogens (tertiary/aromatic N) is 1. The first kappa shape index (κ1) is 9.92. The van der Waals surface area contributed by atoms with Crippen molar-refractivity contribution in [3.63, 3.8) is 0 Å². The Morgan fingerprint density at radius 2 is 2.14 bits per heavy atom. The molecule has 0 bridgehead atoms. The molecule has 0 radical (unpaired) electrons. The third-order valence-corrected chi connectivity index (χ3v) is 3.17. The van der Waals surface area contributed by atoms with Gasteiger partial charge in [0.2, 0.25) is 0 Å². The van der Waals surface area contributed by atoms with Gasteiger partial charge in [-0.25, -0.2) is 4.98 Å². The predicted molar refractivity (Wildman–Crippen MR) is 46.8 cm³/mol. The zero-order valence-electron chi connectivity index (χ0n) is 7.21. The van der Waals surface area contributed by atoms with Crippen LogP contribution in [0.4, 0.5) is 13.2 Å². The summed E-state index contributed by atoms with van der Waals surface area (Å²) in [6.07, 6.45) is -2.35. The van der Waals surface area contributed by atoms with Gasteiger partial charge < -0.3 is 5.73 Å². The van der Waals surface area contributed by atoms with Gasteiger partial charge in [-0.2, -0.15) is 13.2 Å². The molecule has 6 heteroatoms. The fraction of sp³-hybridized carbons (Fsp3) is 0.625. The van der Waals surface area contributed by atoms with E-state index in [-0.39, 0.29) is 6.04 Å². The summed E-state index contributed by atoms with van der Waals surface area (Å²) in [5.41, 5.74) is 4.91. The lowest BCUT2D eigenvalue weighted by atomic mass is 10.2. The Bertz CT molecular complexity index is 330. The van der Waals surface area contributed by atoms with Crippen LogP contribution in [0.1, 0.15) is 29.6 Å². The normalized spacial score (nSPS) is 19.7. The van der Waals surface area contributed by atoms with Gasteiger partial charge in [-0.1, -0.05) is 0 Å². The maximum absolute atomic E-state index is 12.2. The summed E-state index contributed by atoms with van der Waals surface area (Å²) >= 11 is 0.997. The van der Waals surface area contributed by atoms with Crippen LogP contribution in [-0.2, 0) is 6.18 Å². The van der Waals surface area contributed by atoms with E-state index in [1.807, 2.05) is 0 Å². The number of hydrogen-bond acceptors (Lipinski definition) is 3. The maximum Gasteiger partial charge on any atom is 0.434 e. The predicted octanol–water partition coefficient (Wildman–Crippen LogP) is 2.57. The highest BCUT2D eigenvalue weighted by Gasteiger charge is 2.36. The molecule has 1 saturated carbocycles. The summed E-state index contributed by atoms with van der Waals surface area (Å²) in [7, 11) is 0. The molecule has 2 N–H and O–H groups in total. The minimum atomic E-state index is -4.35. The van der Waals surface area contributed by atoms with Crippen molar-refractivity contribution in [3.8, 4) is 0 Å². The van der Waals surface area contributed by atoms with E-state index in [1.165, 1.54) is 0 Å². The number of alkyl halides is 3. The number of rotatable bonds is 2. The number of aromatic nitrogens is 1. The highest BCUT2D eigenvalue weighted by atomic mass is 32.1. The van der Waals surface area contributed by atoms with Gasteiger partial charge in [-0.05, 0) is 18.8 Å². The Kier molecular flexibility index (Phi) is 2.27. The molecule has 0 spiro atoms. The molecule has 1 aromatic rings. The molecular formula is C8H9F3N2S. The van der Waals surface area contributed by atoms with Crippen molar-refractivity contribution >= 4 is 11.3 Å². The van der Waals surface area contributed by atoms with Crippen LogP contribution in [0.15, 0.2) is 5.38 Å². The summed E-state index contributed by atoms with van der Waals surface area (Å²) < 4.78 is 36.6. The van der Waals surface area contributed by atoms with Crippen molar-refractivity contribution in [3.05, 3.63) is 16.1 Å². The fourth-order valence-corrected chi connectivity index (χ4v) is 2.15. The average Bonchev–Trinajstić information content (AvgIpc) is 2.79. The zero-order chi connectivity index (χ0) is 10.3. The van der Waals surface area contributed by atoms with E-state index in [0.717, 1.165) is 29.6 Å². The maximum atomic E-state index is 12.2. The van der Waals surface area contributed by atoms with Gasteiger partial charge in [0.1, 0.15) is 5.01 Å². The quantitative estimate of drug-likeness (QED) is 0.835. The molecular weight excluding hydrogens is 213 g/mol. The molecule has 1 fully saturated rings. The summed E-state index contributed by atoms with van der Waals surface area (Å²) in [4.78, 5) is 3.51. The summed E-state index contributed by atoms with van der Waals surface area (Å²) in [6.45, 7) is 0. The van der Waals surface area contributed by atoms with E-state index < -0.39 is 11.9 Å². The first-order valence-corrected chi connectivity index (χ1v) is 5.14. The molecule has 0 amide bonds. The minimum Gasteiger partial charge on any atom is -0.322 e. The van der Waals surface area contributed by atoms with Crippen LogP contribution in [0.3, 0.4) is 0 Å². The summed E-state index contributed by atoms with van der Waals surface area (Å²) in [6, 6.07) is -0.309. The van der Waals surface area contributed by atoms with Crippen molar-refractivity contribution < 1.29 is 13.2 Å². The Hall–Kier alpha value is -0.620. The van der Waals surface area contributed by atoms with Crippen molar-refractivity contribution in [1.82, 2.24) is 4.98 Å². The van der Waals surface area contributed by atoms with Gasteiger partial charge >= 0.3 is 6.18 Å². The standard InChI is InChI=1S/C8H9F3N2S/c9-8(10,11)5-3-14-7(13-5)6(12)4-1-2-4/h3-4,6H,1-2,12H2. The van der Waals surface area contributed by atoms with Crippen LogP contribution in [-0.4, -0.2) is 4.98 Å². The number of halogens is 3. The molecule has 78 valence electrons. The number of thiazole rings is 1. The Balaban J connectivity index is 2.16. The van der Waals surface area contributed by atoms with Crippen molar-refractivity contribution in [2.24, 2.45) is 11.7 Å². The Morgan fingerprint density at radius 1 is 1.50 bits per heavy atom. The lowest BCUT2D eigenvalue weighted by Crippen LogP contribution is -2.13. The van der Waals surface area contributed by atoms with Crippen LogP contribution in [0.25, 0.3) is 0 Å². The van der Waals surface area contributed by atoms with E-state index in [9.17, 15) is 13.2 Å². The highest BCUT2D eigenvalue weighted by molar-refractivity contribution is 7.09. The van der Waals surface area contributed by atoms with Crippen LogP contribution in [0.5, 0.6) is 0 Å². The SMILES string of the molecule is NC(c1nc(C(F)(F)F)cs1)C1CC1. The second-order valence-electron chi connectivity index (χ2n) is 3.43. The largest absolute Gasteiger partial charge is 0.434 e. The van der Waals surface area contributed by atoms with Gasteiger partial charge in [-0.3, -0.25) is 0 Å². The second kappa shape index (κ2) is 3.20. The second-order valence-corrected chi connectivity index (χ2v) is 4.32. The monoisotopic (exact) mass is 222 g/mol. The van der Waals surface area contributed by atoms with E-state index in [0.29, 0.717) is 10.9 Å². The molecule has 1 aliphatic carbocycles. The van der Waals surface area contributed by atoms with E-state index in [2.05, 4.69) is 4.98 Å². The third-order valence-electron chi connectivity index (χ3n) is 2.23. The zero-order valence-corrected chi connectivity index (χ0v) is 8.03. The van der Waals surface area contributed by atoms with Crippen LogP contribution < -0.4 is 5.73 Å². The molecule has 2 nitrogen and oxygen atoms in total. The van der Waals surface area contributed by atoms with E-state index in [4.69, 9.17) is 5.73 Å². The van der Waals surface area contributed by atoms with Crippen molar-refractivity contribution in [1.29, 1.82) is 0 Å². The molecule has 1 atom stereocenters. The lowest BCUT2D eigenvalue weighted by molar-refractivity contribution is -0.140. The topological polar surface area (TPSA) is 38.9 Å². The summed E-state index contributed by atoms with van der Waals surface area (Å²) in [5, 5.41) is 1.43. The van der Waals surface area contributed by atoms with Gasteiger partial charge in [0.05, 0.1) is 6.04 Å². The average molecular weight is 222 g/mol. The third kappa shape index (κ3) is 1.90. The molecule has 1 heterocycles. The first-order valence-electron chi connectivity index (χ1n) is 4.26. The van der Waals surface area contributed by atoms with Crippen LogP contribution in [0.2, 0.25) is 0 Å². The molecule has 0 saturated heterocycles. The van der Waals surface area contributed by atoms with Crippen LogP contribution in [0, 0.1) is 5.92 Å². The molecule has 14 heavy (non-hydrogen) atoms. The number of nitrogens with two attached hydrogens (primary N) is 1. The first-order chi connectivity index (χ1) is 6.48. The molecule has 2 rings (SSSR count). The molecule has 0 aliphatic heterocycles. The van der Waals surface area contributed by atoms with Crippen molar-refractivity contribution in [2.45, 2.75) is 25.1 Å². The lowest BCUT2D eigenvalue weighted by Gasteiger charge is -2.05. The smallest absolute Gasteiger partial charge is 0.322 e. The van der Waals surface area contributed by atoms with Gasteiger partial charge in [0.25, 0.3) is 0 Å². The van der Waals surface area contributed by atoms with Crippen molar-refractivity contribution in [2.75, 3.05) is 0 Å². The highest BCUT2D eigenvalue weighted by Crippen LogP contribution is 2.41. The molecule has 1 aliphatic rings. The minimum absolute atomic E-state index is 0.309. The van der Waals surface area contributed by atoms with Gasteiger partial charge in [0.15, 0.2) is 5.69 Å². The Labute approximate surface area is 82.9 Å². The molecule has 1 unspecified atom stereocenters. The van der Waals surface area contributed by atoms with E-state index in [1.54, 1.807) is 0 Å². The van der Waals surface area contributed by atoms with Gasteiger partial charge in [0, 0.05) is 5.38 Å². The Morgan fingerprint density at radius 3 is 2.57 bits per heavy atom. The molecule has 1 aromatic heterocycles. The van der Waals surface area contributed by atoms with E-state index >= 15 is 0 Å². The summed E-state index contributed by atoms with van der Waals surface area (Å²) in [5.74, 6) is 0.335. The molecule has 0 aromatic carbocycles. The van der Waals surface area contributed by atoms with Gasteiger partial charge in [-0.15, -0.1) is 11.3 Å². The van der Waals surface area contributed by atoms with Crippen LogP contribution >= 0.6 is 11.3 Å².